The summed E-state index contributed by atoms with van der Waals surface area (Å²) in [6.07, 6.45) is 1.01. The zero-order chi connectivity index (χ0) is 18.5. The van der Waals surface area contributed by atoms with Gasteiger partial charge in [-0.1, -0.05) is 42.4 Å². The number of halogens is 1. The van der Waals surface area contributed by atoms with E-state index in [1.807, 2.05) is 35.9 Å². The number of nitrogens with zero attached hydrogens (tertiary/aromatic N) is 3. The van der Waals surface area contributed by atoms with E-state index in [1.165, 1.54) is 16.6 Å². The normalized spacial score (nSPS) is 10.9. The van der Waals surface area contributed by atoms with Crippen LogP contribution in [0.2, 0.25) is 5.02 Å². The van der Waals surface area contributed by atoms with Gasteiger partial charge in [0.1, 0.15) is 0 Å². The van der Waals surface area contributed by atoms with E-state index < -0.39 is 0 Å². The molecule has 0 fully saturated rings. The molecule has 0 spiro atoms. The molecule has 0 saturated carbocycles. The lowest BCUT2D eigenvalue weighted by molar-refractivity contribution is -0.118. The molecule has 0 aliphatic rings. The highest BCUT2D eigenvalue weighted by molar-refractivity contribution is 7.99. The van der Waals surface area contributed by atoms with Crippen molar-refractivity contribution in [2.24, 2.45) is 7.05 Å². The van der Waals surface area contributed by atoms with Crippen LogP contribution in [0.5, 0.6) is 0 Å². The Morgan fingerprint density at radius 2 is 2.08 bits per heavy atom. The predicted octanol–water partition coefficient (Wildman–Crippen LogP) is 4.17. The number of carbonyl (C=O) groups is 1. The second-order valence-corrected chi connectivity index (χ2v) is 8.09. The topological polar surface area (TPSA) is 59.8 Å². The summed E-state index contributed by atoms with van der Waals surface area (Å²) in [4.78, 5) is 13.4. The molecule has 5 nitrogen and oxygen atoms in total. The molecule has 0 aliphatic heterocycles. The van der Waals surface area contributed by atoms with Gasteiger partial charge in [-0.3, -0.25) is 4.79 Å². The molecule has 0 saturated heterocycles. The van der Waals surface area contributed by atoms with Crippen molar-refractivity contribution in [1.29, 1.82) is 0 Å². The first-order valence-corrected chi connectivity index (χ1v) is 10.4. The minimum Gasteiger partial charge on any atom is -0.351 e. The maximum Gasteiger partial charge on any atom is 0.230 e. The van der Waals surface area contributed by atoms with Gasteiger partial charge < -0.3 is 9.88 Å². The molecule has 2 aromatic heterocycles. The van der Waals surface area contributed by atoms with E-state index in [1.54, 1.807) is 11.3 Å². The lowest BCUT2D eigenvalue weighted by atomic mass is 10.2. The standard InChI is InChI=1S/C18H19ClN4OS2/c1-3-15-8-13(10-25-15)17-21-22-18(23(17)2)26-11-16(24)20-9-12-4-6-14(19)7-5-12/h4-8,10H,3,9,11H2,1-2H3,(H,20,24). The van der Waals surface area contributed by atoms with Gasteiger partial charge >= 0.3 is 0 Å². The van der Waals surface area contributed by atoms with E-state index >= 15 is 0 Å². The first-order chi connectivity index (χ1) is 12.6. The summed E-state index contributed by atoms with van der Waals surface area (Å²) in [5.74, 6) is 1.08. The van der Waals surface area contributed by atoms with Crippen molar-refractivity contribution >= 4 is 40.6 Å². The molecular weight excluding hydrogens is 388 g/mol. The second kappa shape index (κ2) is 8.70. The van der Waals surface area contributed by atoms with E-state index in [0.717, 1.165) is 28.5 Å². The number of rotatable bonds is 7. The van der Waals surface area contributed by atoms with Gasteiger partial charge in [0.2, 0.25) is 5.91 Å². The van der Waals surface area contributed by atoms with E-state index in [2.05, 4.69) is 33.9 Å². The molecule has 2 heterocycles. The molecule has 0 bridgehead atoms. The molecule has 0 atom stereocenters. The molecule has 1 aromatic carbocycles. The van der Waals surface area contributed by atoms with E-state index in [4.69, 9.17) is 11.6 Å². The van der Waals surface area contributed by atoms with Gasteiger partial charge in [-0.05, 0) is 30.2 Å². The van der Waals surface area contributed by atoms with Crippen molar-refractivity contribution in [3.05, 3.63) is 51.2 Å². The summed E-state index contributed by atoms with van der Waals surface area (Å²) in [5.41, 5.74) is 2.08. The molecular formula is C18H19ClN4OS2. The number of benzene rings is 1. The lowest BCUT2D eigenvalue weighted by Crippen LogP contribution is -2.24. The molecule has 3 rings (SSSR count). The smallest absolute Gasteiger partial charge is 0.230 e. The zero-order valence-electron chi connectivity index (χ0n) is 14.5. The fraction of sp³-hybridized carbons (Fsp3) is 0.278. The molecule has 136 valence electrons. The number of hydrogen-bond donors (Lipinski definition) is 1. The van der Waals surface area contributed by atoms with E-state index in [9.17, 15) is 4.79 Å². The van der Waals surface area contributed by atoms with Gasteiger partial charge in [0, 0.05) is 34.4 Å². The third-order valence-corrected chi connectivity index (χ3v) is 6.18. The third kappa shape index (κ3) is 4.66. The lowest BCUT2D eigenvalue weighted by Gasteiger charge is -2.06. The van der Waals surface area contributed by atoms with Crippen LogP contribution in [0.4, 0.5) is 0 Å². The maximum atomic E-state index is 12.1. The quantitative estimate of drug-likeness (QED) is 0.598. The molecule has 26 heavy (non-hydrogen) atoms. The maximum absolute atomic E-state index is 12.1. The van der Waals surface area contributed by atoms with Gasteiger partial charge in [-0.2, -0.15) is 0 Å². The van der Waals surface area contributed by atoms with Crippen LogP contribution in [0, 0.1) is 0 Å². The number of aryl methyl sites for hydroxylation is 1. The number of hydrogen-bond acceptors (Lipinski definition) is 5. The van der Waals surface area contributed by atoms with Crippen molar-refractivity contribution < 1.29 is 4.79 Å². The Labute approximate surface area is 165 Å². The van der Waals surface area contributed by atoms with Crippen LogP contribution in [0.3, 0.4) is 0 Å². The molecule has 0 unspecified atom stereocenters. The minimum atomic E-state index is -0.0432. The monoisotopic (exact) mass is 406 g/mol. The molecule has 1 N–H and O–H groups in total. The highest BCUT2D eigenvalue weighted by Crippen LogP contribution is 2.27. The number of carbonyl (C=O) groups excluding carboxylic acids is 1. The number of aromatic nitrogens is 3. The second-order valence-electron chi connectivity index (χ2n) is 5.71. The van der Waals surface area contributed by atoms with Crippen molar-refractivity contribution in [2.45, 2.75) is 25.0 Å². The predicted molar refractivity (Wildman–Crippen MR) is 108 cm³/mol. The van der Waals surface area contributed by atoms with E-state index in [-0.39, 0.29) is 5.91 Å². The summed E-state index contributed by atoms with van der Waals surface area (Å²) in [7, 11) is 1.92. The summed E-state index contributed by atoms with van der Waals surface area (Å²) in [6.45, 7) is 2.62. The number of amides is 1. The van der Waals surface area contributed by atoms with E-state index in [0.29, 0.717) is 17.3 Å². The Bertz CT molecular complexity index is 889. The van der Waals surface area contributed by atoms with Crippen LogP contribution in [0.15, 0.2) is 40.9 Å². The van der Waals surface area contributed by atoms with Crippen LogP contribution >= 0.6 is 34.7 Å². The Kier molecular flexibility index (Phi) is 6.34. The van der Waals surface area contributed by atoms with Crippen LogP contribution < -0.4 is 5.32 Å². The van der Waals surface area contributed by atoms with Crippen molar-refractivity contribution in [1.82, 2.24) is 20.1 Å². The number of nitrogens with one attached hydrogen (secondary N) is 1. The van der Waals surface area contributed by atoms with Gasteiger partial charge in [-0.25, -0.2) is 0 Å². The van der Waals surface area contributed by atoms with Gasteiger partial charge in [-0.15, -0.1) is 21.5 Å². The van der Waals surface area contributed by atoms with Gasteiger partial charge in [0.15, 0.2) is 11.0 Å². The highest BCUT2D eigenvalue weighted by atomic mass is 35.5. The first-order valence-electron chi connectivity index (χ1n) is 8.18. The summed E-state index contributed by atoms with van der Waals surface area (Å²) in [6, 6.07) is 9.56. The summed E-state index contributed by atoms with van der Waals surface area (Å²) in [5, 5.41) is 14.9. The average molecular weight is 407 g/mol. The SMILES string of the molecule is CCc1cc(-c2nnc(SCC(=O)NCc3ccc(Cl)cc3)n2C)cs1. The molecule has 8 heteroatoms. The molecule has 0 aliphatic carbocycles. The van der Waals surface area contributed by atoms with Crippen molar-refractivity contribution in [3.63, 3.8) is 0 Å². The van der Waals surface area contributed by atoms with Crippen molar-refractivity contribution in [2.75, 3.05) is 5.75 Å². The van der Waals surface area contributed by atoms with Gasteiger partial charge in [0.05, 0.1) is 5.75 Å². The van der Waals surface area contributed by atoms with Crippen molar-refractivity contribution in [3.8, 4) is 11.4 Å². The van der Waals surface area contributed by atoms with Gasteiger partial charge in [0.25, 0.3) is 0 Å². The van der Waals surface area contributed by atoms with Crippen LogP contribution in [-0.4, -0.2) is 26.4 Å². The molecule has 0 radical (unpaired) electrons. The number of thioether (sulfide) groups is 1. The molecule has 1 amide bonds. The third-order valence-electron chi connectivity index (χ3n) is 3.83. The Hall–Kier alpha value is -1.83. The first kappa shape index (κ1) is 18.9. The fourth-order valence-corrected chi connectivity index (χ4v) is 4.04. The fourth-order valence-electron chi connectivity index (χ4n) is 2.36. The summed E-state index contributed by atoms with van der Waals surface area (Å²) >= 11 is 8.96. The Balaban J connectivity index is 1.54. The Morgan fingerprint density at radius 3 is 2.77 bits per heavy atom. The highest BCUT2D eigenvalue weighted by Gasteiger charge is 2.14. The zero-order valence-corrected chi connectivity index (χ0v) is 16.9. The van der Waals surface area contributed by atoms with Crippen LogP contribution in [0.25, 0.3) is 11.4 Å². The average Bonchev–Trinajstić information content (AvgIpc) is 3.26. The summed E-state index contributed by atoms with van der Waals surface area (Å²) < 4.78 is 1.93. The van der Waals surface area contributed by atoms with Crippen LogP contribution in [-0.2, 0) is 24.8 Å². The number of thiophene rings is 1. The molecule has 3 aromatic rings. The largest absolute Gasteiger partial charge is 0.351 e. The van der Waals surface area contributed by atoms with Crippen LogP contribution in [0.1, 0.15) is 17.4 Å². The minimum absolute atomic E-state index is 0.0432. The Morgan fingerprint density at radius 1 is 1.31 bits per heavy atom.